The summed E-state index contributed by atoms with van der Waals surface area (Å²) >= 11 is 0. The van der Waals surface area contributed by atoms with Crippen LogP contribution < -0.4 is 9.88 Å². The summed E-state index contributed by atoms with van der Waals surface area (Å²) in [5.74, 6) is 0.832. The second-order valence-electron chi connectivity index (χ2n) is 7.04. The van der Waals surface area contributed by atoms with Gasteiger partial charge in [-0.1, -0.05) is 0 Å². The molecule has 0 saturated carbocycles. The third-order valence-electron chi connectivity index (χ3n) is 4.87. The van der Waals surface area contributed by atoms with Crippen LogP contribution in [0.4, 0.5) is 5.69 Å². The molecule has 2 aliphatic heterocycles. The summed E-state index contributed by atoms with van der Waals surface area (Å²) in [6, 6.07) is 3.37. The van der Waals surface area contributed by atoms with Crippen LogP contribution in [-0.4, -0.2) is 58.1 Å². The van der Waals surface area contributed by atoms with Gasteiger partial charge in [0.05, 0.1) is 16.4 Å². The minimum absolute atomic E-state index is 0.0406. The van der Waals surface area contributed by atoms with Gasteiger partial charge >= 0.3 is 5.69 Å². The molecule has 11 heteroatoms. The summed E-state index contributed by atoms with van der Waals surface area (Å²) in [5, 5.41) is 24.6. The van der Waals surface area contributed by atoms with Crippen molar-refractivity contribution < 1.29 is 32.7 Å². The van der Waals surface area contributed by atoms with Gasteiger partial charge in [-0.05, 0) is 49.7 Å². The number of sulfonamides is 1. The minimum atomic E-state index is -3.99. The van der Waals surface area contributed by atoms with Gasteiger partial charge in [0.25, 0.3) is 0 Å². The molecule has 0 unspecified atom stereocenters. The lowest BCUT2D eigenvalue weighted by Gasteiger charge is -2.22. The fourth-order valence-electron chi connectivity index (χ4n) is 2.99. The molecule has 164 valence electrons. The van der Waals surface area contributed by atoms with Gasteiger partial charge in [-0.15, -0.1) is 0 Å². The second-order valence-corrected chi connectivity index (χ2v) is 8.60. The van der Waals surface area contributed by atoms with Crippen molar-refractivity contribution in [1.29, 1.82) is 0 Å². The van der Waals surface area contributed by atoms with Gasteiger partial charge < -0.3 is 19.3 Å². The lowest BCUT2D eigenvalue weighted by atomic mass is 10.0. The number of nitrogens with two attached hydrogens (primary N) is 1. The summed E-state index contributed by atoms with van der Waals surface area (Å²) in [4.78, 5) is 10.0. The molecule has 1 aromatic rings. The standard InChI is InChI=1S/C12H16N2O6S.C6H12O2/c13-21(17,18)10-1-2-12(11(7-10)14(15)16)20-8-9-3-5-19-6-4-9;7-5-6-1-3-8-4-2-6/h1-2,7,9H,3-6,8H2,(H2,13,17,18);6-7H,1-5H2. The smallest absolute Gasteiger partial charge is 0.312 e. The van der Waals surface area contributed by atoms with Gasteiger partial charge in [-0.3, -0.25) is 10.1 Å². The molecule has 0 bridgehead atoms. The summed E-state index contributed by atoms with van der Waals surface area (Å²) in [6.07, 6.45) is 3.75. The zero-order chi connectivity index (χ0) is 21.3. The molecule has 0 aromatic heterocycles. The molecular weight excluding hydrogens is 404 g/mol. The zero-order valence-corrected chi connectivity index (χ0v) is 17.0. The Hall–Kier alpha value is -1.79. The normalized spacial score (nSPS) is 18.6. The number of aliphatic hydroxyl groups excluding tert-OH is 1. The molecule has 0 spiro atoms. The number of hydrogen-bond acceptors (Lipinski definition) is 8. The van der Waals surface area contributed by atoms with E-state index in [0.29, 0.717) is 32.3 Å². The molecular formula is C18H28N2O8S. The topological polar surface area (TPSA) is 151 Å². The number of nitro groups is 1. The Morgan fingerprint density at radius 3 is 2.10 bits per heavy atom. The summed E-state index contributed by atoms with van der Waals surface area (Å²) in [6.45, 7) is 3.65. The van der Waals surface area contributed by atoms with Crippen molar-refractivity contribution in [2.75, 3.05) is 39.6 Å². The Balaban J connectivity index is 0.000000313. The maximum Gasteiger partial charge on any atom is 0.312 e. The van der Waals surface area contributed by atoms with E-state index in [1.54, 1.807) is 0 Å². The highest BCUT2D eigenvalue weighted by Crippen LogP contribution is 2.30. The molecule has 3 N–H and O–H groups in total. The summed E-state index contributed by atoms with van der Waals surface area (Å²) in [7, 11) is -3.99. The Kier molecular flexibility index (Phi) is 9.24. The predicted molar refractivity (Wildman–Crippen MR) is 104 cm³/mol. The van der Waals surface area contributed by atoms with Gasteiger partial charge in [-0.2, -0.15) is 0 Å². The van der Waals surface area contributed by atoms with Crippen molar-refractivity contribution in [3.8, 4) is 5.75 Å². The molecule has 0 aliphatic carbocycles. The first kappa shape index (κ1) is 23.5. The number of hydrogen-bond donors (Lipinski definition) is 2. The molecule has 3 rings (SSSR count). The van der Waals surface area contributed by atoms with Gasteiger partial charge in [-0.25, -0.2) is 13.6 Å². The van der Waals surface area contributed by atoms with E-state index in [0.717, 1.165) is 45.0 Å². The number of nitro benzene ring substituents is 1. The number of nitrogens with zero attached hydrogens (tertiary/aromatic N) is 1. The van der Waals surface area contributed by atoms with Gasteiger partial charge in [0.1, 0.15) is 0 Å². The number of primary sulfonamides is 1. The van der Waals surface area contributed by atoms with E-state index in [2.05, 4.69) is 0 Å². The summed E-state index contributed by atoms with van der Waals surface area (Å²) < 4.78 is 38.2. The highest BCUT2D eigenvalue weighted by Gasteiger charge is 2.22. The molecule has 2 fully saturated rings. The van der Waals surface area contributed by atoms with E-state index in [-0.39, 0.29) is 16.6 Å². The number of benzene rings is 1. The van der Waals surface area contributed by atoms with Crippen LogP contribution in [0.1, 0.15) is 25.7 Å². The quantitative estimate of drug-likeness (QED) is 0.506. The van der Waals surface area contributed by atoms with E-state index >= 15 is 0 Å². The van der Waals surface area contributed by atoms with Gasteiger partial charge in [0.15, 0.2) is 5.75 Å². The minimum Gasteiger partial charge on any atom is -0.487 e. The molecule has 0 radical (unpaired) electrons. The molecule has 29 heavy (non-hydrogen) atoms. The van der Waals surface area contributed by atoms with Crippen LogP contribution in [0, 0.1) is 22.0 Å². The third kappa shape index (κ3) is 7.86. The first-order valence-corrected chi connectivity index (χ1v) is 11.1. The van der Waals surface area contributed by atoms with Crippen LogP contribution in [0.25, 0.3) is 0 Å². The maximum absolute atomic E-state index is 11.2. The van der Waals surface area contributed by atoms with E-state index in [1.165, 1.54) is 12.1 Å². The lowest BCUT2D eigenvalue weighted by molar-refractivity contribution is -0.386. The first-order valence-electron chi connectivity index (χ1n) is 9.51. The third-order valence-corrected chi connectivity index (χ3v) is 5.78. The number of aliphatic hydroxyl groups is 1. The average molecular weight is 432 g/mol. The Labute approximate surface area is 170 Å². The lowest BCUT2D eigenvalue weighted by Crippen LogP contribution is -2.21. The number of rotatable bonds is 6. The molecule has 2 aliphatic rings. The van der Waals surface area contributed by atoms with Crippen LogP contribution in [-0.2, 0) is 19.5 Å². The first-order chi connectivity index (χ1) is 13.8. The van der Waals surface area contributed by atoms with Crippen molar-refractivity contribution >= 4 is 15.7 Å². The molecule has 2 saturated heterocycles. The average Bonchev–Trinajstić information content (AvgIpc) is 2.73. The van der Waals surface area contributed by atoms with Crippen LogP contribution in [0.15, 0.2) is 23.1 Å². The molecule has 0 amide bonds. The highest BCUT2D eigenvalue weighted by atomic mass is 32.2. The van der Waals surface area contributed by atoms with E-state index in [9.17, 15) is 18.5 Å². The summed E-state index contributed by atoms with van der Waals surface area (Å²) in [5.41, 5.74) is -0.409. The molecule has 10 nitrogen and oxygen atoms in total. The van der Waals surface area contributed by atoms with Crippen LogP contribution in [0.2, 0.25) is 0 Å². The second kappa shape index (κ2) is 11.4. The molecule has 1 aromatic carbocycles. The molecule has 2 heterocycles. The van der Waals surface area contributed by atoms with Gasteiger partial charge in [0.2, 0.25) is 10.0 Å². The van der Waals surface area contributed by atoms with Crippen LogP contribution in [0.5, 0.6) is 5.75 Å². The highest BCUT2D eigenvalue weighted by molar-refractivity contribution is 7.89. The Morgan fingerprint density at radius 2 is 1.66 bits per heavy atom. The Morgan fingerprint density at radius 1 is 1.10 bits per heavy atom. The predicted octanol–water partition coefficient (Wildman–Crippen LogP) is 1.45. The van der Waals surface area contributed by atoms with E-state index in [1.807, 2.05) is 0 Å². The SMILES string of the molecule is NS(=O)(=O)c1ccc(OCC2CCOCC2)c([N+](=O)[O-])c1.OCC1CCOCC1. The van der Waals surface area contributed by atoms with E-state index in [4.69, 9.17) is 24.5 Å². The van der Waals surface area contributed by atoms with E-state index < -0.39 is 20.6 Å². The van der Waals surface area contributed by atoms with Crippen molar-refractivity contribution in [2.45, 2.75) is 30.6 Å². The Bertz CT molecular complexity index is 759. The largest absolute Gasteiger partial charge is 0.487 e. The maximum atomic E-state index is 11.2. The van der Waals surface area contributed by atoms with Crippen molar-refractivity contribution in [3.05, 3.63) is 28.3 Å². The van der Waals surface area contributed by atoms with Crippen molar-refractivity contribution in [1.82, 2.24) is 0 Å². The fourth-order valence-corrected chi connectivity index (χ4v) is 3.52. The van der Waals surface area contributed by atoms with Crippen LogP contribution >= 0.6 is 0 Å². The molecule has 0 atom stereocenters. The number of ether oxygens (including phenoxy) is 3. The van der Waals surface area contributed by atoms with Crippen LogP contribution in [0.3, 0.4) is 0 Å². The van der Waals surface area contributed by atoms with Crippen molar-refractivity contribution in [3.63, 3.8) is 0 Å². The fraction of sp³-hybridized carbons (Fsp3) is 0.667. The van der Waals surface area contributed by atoms with Crippen molar-refractivity contribution in [2.24, 2.45) is 17.0 Å². The zero-order valence-electron chi connectivity index (χ0n) is 16.2. The van der Waals surface area contributed by atoms with Gasteiger partial charge in [0, 0.05) is 39.1 Å². The monoisotopic (exact) mass is 432 g/mol.